The number of fused-ring (bicyclic) bond motifs is 1. The Kier molecular flexibility index (Phi) is 3.32. The lowest BCUT2D eigenvalue weighted by atomic mass is 10.0. The van der Waals surface area contributed by atoms with Gasteiger partial charge in [-0.15, -0.1) is 0 Å². The van der Waals surface area contributed by atoms with Gasteiger partial charge in [-0.3, -0.25) is 4.79 Å². The van der Waals surface area contributed by atoms with Gasteiger partial charge in [0.25, 0.3) is 0 Å². The smallest absolute Gasteiger partial charge is 0.195 e. The minimum atomic E-state index is -0.0681. The Morgan fingerprint density at radius 2 is 2.19 bits per heavy atom. The average Bonchev–Trinajstić information content (AvgIpc) is 2.96. The quantitative estimate of drug-likeness (QED) is 0.587. The summed E-state index contributed by atoms with van der Waals surface area (Å²) in [6.45, 7) is 0. The van der Waals surface area contributed by atoms with Crippen molar-refractivity contribution in [1.29, 1.82) is 5.26 Å². The SMILES string of the molecule is N#C/C=C/c1cccc(C(=O)c2c[nH]c3ncccc23)c1. The highest BCUT2D eigenvalue weighted by molar-refractivity contribution is 6.16. The molecule has 0 fully saturated rings. The second kappa shape index (κ2) is 5.43. The summed E-state index contributed by atoms with van der Waals surface area (Å²) >= 11 is 0. The van der Waals surface area contributed by atoms with Crippen LogP contribution in [0, 0.1) is 11.3 Å². The van der Waals surface area contributed by atoms with Crippen LogP contribution in [0.25, 0.3) is 17.1 Å². The Morgan fingerprint density at radius 1 is 1.29 bits per heavy atom. The average molecular weight is 273 g/mol. The number of aromatic amines is 1. The van der Waals surface area contributed by atoms with Crippen LogP contribution in [0.4, 0.5) is 0 Å². The van der Waals surface area contributed by atoms with Crippen molar-refractivity contribution in [3.8, 4) is 6.07 Å². The molecule has 0 atom stereocenters. The van der Waals surface area contributed by atoms with Crippen molar-refractivity contribution in [2.75, 3.05) is 0 Å². The van der Waals surface area contributed by atoms with E-state index in [1.165, 1.54) is 6.08 Å². The number of H-pyrrole nitrogens is 1. The molecule has 0 saturated carbocycles. The standard InChI is InChI=1S/C17H11N3O/c18-8-2-5-12-4-1-6-13(10-12)16(21)15-11-20-17-14(15)7-3-9-19-17/h1-7,9-11H,(H,19,20)/b5-2+. The van der Waals surface area contributed by atoms with Gasteiger partial charge in [0.15, 0.2) is 5.78 Å². The molecule has 4 heteroatoms. The number of rotatable bonds is 3. The molecule has 100 valence electrons. The minimum absolute atomic E-state index is 0.0681. The summed E-state index contributed by atoms with van der Waals surface area (Å²) in [5.41, 5.74) is 2.70. The third-order valence-corrected chi connectivity index (χ3v) is 3.19. The number of hydrogen-bond donors (Lipinski definition) is 1. The maximum absolute atomic E-state index is 12.6. The second-order valence-electron chi connectivity index (χ2n) is 4.52. The van der Waals surface area contributed by atoms with E-state index < -0.39 is 0 Å². The molecule has 0 amide bonds. The van der Waals surface area contributed by atoms with Gasteiger partial charge in [0, 0.05) is 35.0 Å². The van der Waals surface area contributed by atoms with Crippen LogP contribution in [0.5, 0.6) is 0 Å². The fourth-order valence-electron chi connectivity index (χ4n) is 2.22. The van der Waals surface area contributed by atoms with Gasteiger partial charge in [-0.05, 0) is 29.8 Å². The van der Waals surface area contributed by atoms with Crippen molar-refractivity contribution in [3.63, 3.8) is 0 Å². The number of ketones is 1. The van der Waals surface area contributed by atoms with Crippen LogP contribution in [-0.2, 0) is 0 Å². The lowest BCUT2D eigenvalue weighted by molar-refractivity contribution is 0.104. The summed E-state index contributed by atoms with van der Waals surface area (Å²) in [6.07, 6.45) is 6.42. The summed E-state index contributed by atoms with van der Waals surface area (Å²) in [7, 11) is 0. The predicted octanol–water partition coefficient (Wildman–Crippen LogP) is 3.33. The van der Waals surface area contributed by atoms with E-state index in [0.717, 1.165) is 10.9 Å². The zero-order chi connectivity index (χ0) is 14.7. The van der Waals surface area contributed by atoms with Crippen LogP contribution in [0.1, 0.15) is 21.5 Å². The molecule has 0 spiro atoms. The number of aromatic nitrogens is 2. The molecule has 0 aliphatic heterocycles. The van der Waals surface area contributed by atoms with E-state index in [2.05, 4.69) is 9.97 Å². The zero-order valence-corrected chi connectivity index (χ0v) is 11.1. The number of hydrogen-bond acceptors (Lipinski definition) is 3. The second-order valence-corrected chi connectivity index (χ2v) is 4.52. The van der Waals surface area contributed by atoms with Crippen molar-refractivity contribution in [3.05, 3.63) is 71.6 Å². The summed E-state index contributed by atoms with van der Waals surface area (Å²) in [5.74, 6) is -0.0681. The molecule has 0 saturated heterocycles. The normalized spacial score (nSPS) is 10.8. The first-order valence-corrected chi connectivity index (χ1v) is 6.42. The van der Waals surface area contributed by atoms with E-state index in [0.29, 0.717) is 16.8 Å². The highest BCUT2D eigenvalue weighted by Crippen LogP contribution is 2.20. The maximum Gasteiger partial charge on any atom is 0.195 e. The summed E-state index contributed by atoms with van der Waals surface area (Å²) in [6, 6.07) is 12.8. The van der Waals surface area contributed by atoms with Crippen molar-refractivity contribution in [2.24, 2.45) is 0 Å². The Morgan fingerprint density at radius 3 is 3.05 bits per heavy atom. The van der Waals surface area contributed by atoms with E-state index in [1.54, 1.807) is 42.7 Å². The van der Waals surface area contributed by atoms with Crippen LogP contribution >= 0.6 is 0 Å². The molecule has 0 aliphatic rings. The molecule has 0 unspecified atom stereocenters. The van der Waals surface area contributed by atoms with E-state index in [9.17, 15) is 4.79 Å². The van der Waals surface area contributed by atoms with Gasteiger partial charge >= 0.3 is 0 Å². The highest BCUT2D eigenvalue weighted by Gasteiger charge is 2.14. The van der Waals surface area contributed by atoms with Gasteiger partial charge in [0.2, 0.25) is 0 Å². The Balaban J connectivity index is 2.03. The predicted molar refractivity (Wildman–Crippen MR) is 80.6 cm³/mol. The molecule has 0 radical (unpaired) electrons. The maximum atomic E-state index is 12.6. The van der Waals surface area contributed by atoms with Crippen molar-refractivity contribution >= 4 is 22.9 Å². The number of allylic oxidation sites excluding steroid dienone is 1. The first-order chi connectivity index (χ1) is 10.3. The number of carbonyl (C=O) groups is 1. The van der Waals surface area contributed by atoms with Crippen LogP contribution in [0.2, 0.25) is 0 Å². The zero-order valence-electron chi connectivity index (χ0n) is 11.1. The highest BCUT2D eigenvalue weighted by atomic mass is 16.1. The number of benzene rings is 1. The Hall–Kier alpha value is -3.19. The van der Waals surface area contributed by atoms with Gasteiger partial charge in [-0.25, -0.2) is 4.98 Å². The number of nitriles is 1. The van der Waals surface area contributed by atoms with Crippen LogP contribution in [0.3, 0.4) is 0 Å². The fourth-order valence-corrected chi connectivity index (χ4v) is 2.22. The molecule has 3 aromatic rings. The van der Waals surface area contributed by atoms with Crippen LogP contribution < -0.4 is 0 Å². The molecule has 1 aromatic carbocycles. The van der Waals surface area contributed by atoms with Crippen molar-refractivity contribution in [2.45, 2.75) is 0 Å². The van der Waals surface area contributed by atoms with E-state index in [4.69, 9.17) is 5.26 Å². The number of carbonyl (C=O) groups excluding carboxylic acids is 1. The third-order valence-electron chi connectivity index (χ3n) is 3.19. The number of pyridine rings is 1. The van der Waals surface area contributed by atoms with Crippen molar-refractivity contribution < 1.29 is 4.79 Å². The van der Waals surface area contributed by atoms with Gasteiger partial charge in [0.05, 0.1) is 6.07 Å². The fraction of sp³-hybridized carbons (Fsp3) is 0. The lowest BCUT2D eigenvalue weighted by Gasteiger charge is -2.01. The lowest BCUT2D eigenvalue weighted by Crippen LogP contribution is -2.00. The van der Waals surface area contributed by atoms with Crippen LogP contribution in [0.15, 0.2) is 54.9 Å². The minimum Gasteiger partial charge on any atom is -0.345 e. The Labute approximate surface area is 121 Å². The number of nitrogens with one attached hydrogen (secondary N) is 1. The summed E-state index contributed by atoms with van der Waals surface area (Å²) < 4.78 is 0. The monoisotopic (exact) mass is 273 g/mol. The van der Waals surface area contributed by atoms with Gasteiger partial charge in [-0.2, -0.15) is 5.26 Å². The molecule has 0 aliphatic carbocycles. The molecule has 3 rings (SSSR count). The topological polar surface area (TPSA) is 69.5 Å². The molecule has 2 heterocycles. The largest absolute Gasteiger partial charge is 0.345 e. The summed E-state index contributed by atoms with van der Waals surface area (Å²) in [4.78, 5) is 19.8. The third kappa shape index (κ3) is 2.45. The van der Waals surface area contributed by atoms with E-state index >= 15 is 0 Å². The Bertz CT molecular complexity index is 884. The molecule has 4 nitrogen and oxygen atoms in total. The molecular weight excluding hydrogens is 262 g/mol. The van der Waals surface area contributed by atoms with Gasteiger partial charge in [0.1, 0.15) is 5.65 Å². The molecule has 0 bridgehead atoms. The van der Waals surface area contributed by atoms with Crippen LogP contribution in [-0.4, -0.2) is 15.8 Å². The molecule has 21 heavy (non-hydrogen) atoms. The van der Waals surface area contributed by atoms with Gasteiger partial charge in [-0.1, -0.05) is 18.2 Å². The first kappa shape index (κ1) is 12.8. The molecule has 1 N–H and O–H groups in total. The summed E-state index contributed by atoms with van der Waals surface area (Å²) in [5, 5.41) is 9.37. The van der Waals surface area contributed by atoms with E-state index in [1.807, 2.05) is 18.2 Å². The van der Waals surface area contributed by atoms with Crippen molar-refractivity contribution in [1.82, 2.24) is 9.97 Å². The molecular formula is C17H11N3O. The van der Waals surface area contributed by atoms with Gasteiger partial charge < -0.3 is 4.98 Å². The number of nitrogens with zero attached hydrogens (tertiary/aromatic N) is 2. The molecule has 2 aromatic heterocycles. The first-order valence-electron chi connectivity index (χ1n) is 6.42. The van der Waals surface area contributed by atoms with E-state index in [-0.39, 0.29) is 5.78 Å².